The highest BCUT2D eigenvalue weighted by atomic mass is 28.3. The molecule has 318 valence electrons. The Morgan fingerprint density at radius 3 is 2.43 bits per heavy atom. The molecule has 1 amide bonds. The minimum absolute atomic E-state index is 0.00675. The highest BCUT2D eigenvalue weighted by molar-refractivity contribution is 6.90. The first-order valence-corrected chi connectivity index (χ1v) is 23.4. The zero-order valence-electron chi connectivity index (χ0n) is 35.7. The largest absolute Gasteiger partial charge is 0.468 e. The van der Waals surface area contributed by atoms with E-state index in [9.17, 15) is 14.3 Å². The SMILES string of the molecule is C=C1CN2CC(F)CC2(COc2nc(N3C[C@H]4CC[C@@H](C3)N4C(=O)O)c3cnc(-c4cc(OCOC)cc5cccc(C#C[Si](C(C)C)(C(C)C)C(C)C)c45)c(F)c3n2)C1. The molecule has 8 rings (SSSR count). The van der Waals surface area contributed by atoms with Gasteiger partial charge in [0.25, 0.3) is 0 Å². The number of piperazine rings is 1. The molecule has 2 aromatic heterocycles. The number of hydrogen-bond acceptors (Lipinski definition) is 9. The van der Waals surface area contributed by atoms with Crippen LogP contribution in [0.1, 0.15) is 72.8 Å². The molecule has 2 unspecified atom stereocenters. The molecule has 4 aliphatic rings. The Morgan fingerprint density at radius 1 is 1.05 bits per heavy atom. The van der Waals surface area contributed by atoms with Gasteiger partial charge in [0, 0.05) is 62.4 Å². The van der Waals surface area contributed by atoms with Gasteiger partial charge in [-0.15, -0.1) is 5.54 Å². The van der Waals surface area contributed by atoms with Crippen molar-refractivity contribution in [1.82, 2.24) is 24.8 Å². The fourth-order valence-electron chi connectivity index (χ4n) is 11.1. The molecule has 11 nitrogen and oxygen atoms in total. The van der Waals surface area contributed by atoms with E-state index in [1.165, 1.54) is 4.90 Å². The Balaban J connectivity index is 1.29. The first-order chi connectivity index (χ1) is 28.6. The molecule has 0 radical (unpaired) electrons. The van der Waals surface area contributed by atoms with Gasteiger partial charge in [-0.3, -0.25) is 14.8 Å². The van der Waals surface area contributed by atoms with E-state index in [0.717, 1.165) is 34.8 Å². The van der Waals surface area contributed by atoms with Crippen LogP contribution in [-0.4, -0.2) is 115 Å². The summed E-state index contributed by atoms with van der Waals surface area (Å²) < 4.78 is 50.2. The minimum atomic E-state index is -2.14. The molecule has 4 aromatic rings. The van der Waals surface area contributed by atoms with Crippen LogP contribution in [0, 0.1) is 17.3 Å². The van der Waals surface area contributed by atoms with E-state index in [4.69, 9.17) is 29.2 Å². The number of aromatic nitrogens is 3. The van der Waals surface area contributed by atoms with Crippen LogP contribution in [0.15, 0.2) is 48.7 Å². The Bertz CT molecular complexity index is 2370. The third kappa shape index (κ3) is 7.26. The zero-order chi connectivity index (χ0) is 42.7. The number of halogens is 2. The van der Waals surface area contributed by atoms with Gasteiger partial charge in [0.2, 0.25) is 0 Å². The van der Waals surface area contributed by atoms with E-state index in [-0.39, 0.29) is 42.7 Å². The highest BCUT2D eigenvalue weighted by Gasteiger charge is 2.51. The van der Waals surface area contributed by atoms with Crippen LogP contribution >= 0.6 is 0 Å². The lowest BCUT2D eigenvalue weighted by atomic mass is 9.93. The molecule has 0 spiro atoms. The lowest BCUT2D eigenvalue weighted by molar-refractivity contribution is 0.0512. The average Bonchev–Trinajstić information content (AvgIpc) is 3.77. The van der Waals surface area contributed by atoms with E-state index < -0.39 is 31.7 Å². The molecule has 0 saturated carbocycles. The fourth-order valence-corrected chi connectivity index (χ4v) is 16.3. The number of carboxylic acid groups (broad SMARTS) is 1. The van der Waals surface area contributed by atoms with Gasteiger partial charge in [0.05, 0.1) is 23.0 Å². The first-order valence-electron chi connectivity index (χ1n) is 21.2. The lowest BCUT2D eigenvalue weighted by Gasteiger charge is -2.40. The van der Waals surface area contributed by atoms with Crippen LogP contribution in [0.2, 0.25) is 16.6 Å². The summed E-state index contributed by atoms with van der Waals surface area (Å²) in [5.74, 6) is 3.84. The molecule has 60 heavy (non-hydrogen) atoms. The Morgan fingerprint density at radius 2 is 1.77 bits per heavy atom. The van der Waals surface area contributed by atoms with Gasteiger partial charge in [0.1, 0.15) is 43.6 Å². The van der Waals surface area contributed by atoms with Crippen molar-refractivity contribution in [2.45, 2.75) is 108 Å². The monoisotopic (exact) mass is 838 g/mol. The maximum atomic E-state index is 17.7. The summed E-state index contributed by atoms with van der Waals surface area (Å²) in [5, 5.41) is 11.9. The molecule has 14 heteroatoms. The van der Waals surface area contributed by atoms with Crippen LogP contribution < -0.4 is 14.4 Å². The summed E-state index contributed by atoms with van der Waals surface area (Å²) in [6, 6.07) is 9.06. The molecule has 1 N–H and O–H groups in total. The van der Waals surface area contributed by atoms with Crippen LogP contribution in [0.4, 0.5) is 19.4 Å². The Labute approximate surface area is 352 Å². The van der Waals surface area contributed by atoms with Crippen molar-refractivity contribution < 1.29 is 32.9 Å². The fraction of sp³-hybridized carbons (Fsp3) is 0.522. The number of alkyl halides is 1. The molecule has 4 fully saturated rings. The van der Waals surface area contributed by atoms with Crippen LogP contribution in [0.3, 0.4) is 0 Å². The molecular weight excluding hydrogens is 783 g/mol. The molecule has 0 aliphatic carbocycles. The summed E-state index contributed by atoms with van der Waals surface area (Å²) in [6.45, 7) is 19.6. The van der Waals surface area contributed by atoms with Crippen molar-refractivity contribution in [3.63, 3.8) is 0 Å². The van der Waals surface area contributed by atoms with Crippen molar-refractivity contribution in [1.29, 1.82) is 0 Å². The number of amides is 1. The van der Waals surface area contributed by atoms with Crippen molar-refractivity contribution in [3.8, 4) is 34.5 Å². The first kappa shape index (κ1) is 41.9. The summed E-state index contributed by atoms with van der Waals surface area (Å²) in [6.07, 6.45) is 1.99. The molecular formula is C46H56F2N6O5Si. The van der Waals surface area contributed by atoms with Gasteiger partial charge in [-0.2, -0.15) is 9.97 Å². The topological polar surface area (TPSA) is 113 Å². The summed E-state index contributed by atoms with van der Waals surface area (Å²) in [5.41, 5.74) is 6.86. The van der Waals surface area contributed by atoms with Crippen molar-refractivity contribution >= 4 is 41.7 Å². The number of anilines is 1. The number of pyridine rings is 1. The van der Waals surface area contributed by atoms with Crippen molar-refractivity contribution in [3.05, 3.63) is 60.1 Å². The third-order valence-corrected chi connectivity index (χ3v) is 19.9. The Hall–Kier alpha value is -4.84. The molecule has 4 aliphatic heterocycles. The predicted molar refractivity (Wildman–Crippen MR) is 233 cm³/mol. The number of ether oxygens (including phenoxy) is 3. The number of methoxy groups -OCH3 is 1. The van der Waals surface area contributed by atoms with Crippen LogP contribution in [0.25, 0.3) is 32.9 Å². The summed E-state index contributed by atoms with van der Waals surface area (Å²) in [7, 11) is -0.599. The van der Waals surface area contributed by atoms with Gasteiger partial charge in [-0.05, 0) is 59.5 Å². The highest BCUT2D eigenvalue weighted by Crippen LogP contribution is 2.45. The average molecular weight is 839 g/mol. The number of hydrogen-bond donors (Lipinski definition) is 1. The van der Waals surface area contributed by atoms with E-state index >= 15 is 4.39 Å². The molecule has 2 bridgehead atoms. The van der Waals surface area contributed by atoms with Gasteiger partial charge in [-0.1, -0.05) is 71.7 Å². The van der Waals surface area contributed by atoms with E-state index in [0.29, 0.717) is 78.2 Å². The standard InChI is InChI=1S/C46H56F2N6O5Si/c1-27(2)60(28(3)4,29(5)6)15-14-31-10-9-11-32-16-36(59-26-57-8)17-37(39(31)32)41-40(48)42-38(20-49-41)43(52-23-34-12-13-35(24-52)54(34)45(55)56)51-44(50-42)58-25-46-18-30(7)21-53(46)22-33(47)19-46/h9-11,16-17,20,27-29,33-35H,7,12-13,18-19,21-26H2,1-6,8H3,(H,55,56)/t33?,34-,35+,46?. The molecule has 2 aromatic carbocycles. The normalized spacial score (nSPS) is 23.0. The van der Waals surface area contributed by atoms with Gasteiger partial charge in [-0.25, -0.2) is 13.6 Å². The van der Waals surface area contributed by atoms with Crippen molar-refractivity contribution in [2.24, 2.45) is 0 Å². The molecule has 4 atom stereocenters. The summed E-state index contributed by atoms with van der Waals surface area (Å²) in [4.78, 5) is 32.3. The number of benzene rings is 2. The Kier molecular flexibility index (Phi) is 11.3. The second-order valence-corrected chi connectivity index (χ2v) is 23.8. The van der Waals surface area contributed by atoms with Gasteiger partial charge in [0.15, 0.2) is 12.6 Å². The maximum Gasteiger partial charge on any atom is 0.407 e. The smallest absolute Gasteiger partial charge is 0.407 e. The lowest BCUT2D eigenvalue weighted by Crippen LogP contribution is -2.55. The minimum Gasteiger partial charge on any atom is -0.468 e. The van der Waals surface area contributed by atoms with Crippen molar-refractivity contribution in [2.75, 3.05) is 51.6 Å². The molecule has 4 saturated heterocycles. The van der Waals surface area contributed by atoms with Gasteiger partial charge < -0.3 is 24.2 Å². The van der Waals surface area contributed by atoms with E-state index in [2.05, 4.69) is 64.5 Å². The van der Waals surface area contributed by atoms with Crippen LogP contribution in [-0.2, 0) is 4.74 Å². The summed E-state index contributed by atoms with van der Waals surface area (Å²) >= 11 is 0. The third-order valence-electron chi connectivity index (χ3n) is 13.6. The molecule has 6 heterocycles. The second-order valence-electron chi connectivity index (χ2n) is 18.2. The quantitative estimate of drug-likeness (QED) is 0.0680. The van der Waals surface area contributed by atoms with Crippen LogP contribution in [0.5, 0.6) is 11.8 Å². The maximum absolute atomic E-state index is 17.7. The number of rotatable bonds is 11. The zero-order valence-corrected chi connectivity index (χ0v) is 36.7. The number of fused-ring (bicyclic) bond motifs is 5. The number of carbonyl (C=O) groups is 1. The number of nitrogens with zero attached hydrogens (tertiary/aromatic N) is 6. The second kappa shape index (κ2) is 16.2. The van der Waals surface area contributed by atoms with E-state index in [1.807, 2.05) is 29.2 Å². The van der Waals surface area contributed by atoms with Gasteiger partial charge >= 0.3 is 12.1 Å². The van der Waals surface area contributed by atoms with E-state index in [1.54, 1.807) is 19.4 Å². The predicted octanol–water partition coefficient (Wildman–Crippen LogP) is 8.99.